The third-order valence-electron chi connectivity index (χ3n) is 1.99. The molecule has 1 rings (SSSR count). The van der Waals surface area contributed by atoms with Crippen molar-refractivity contribution in [2.45, 2.75) is 6.92 Å². The van der Waals surface area contributed by atoms with Gasteiger partial charge in [-0.2, -0.15) is 0 Å². The van der Waals surface area contributed by atoms with Gasteiger partial charge in [-0.25, -0.2) is 4.79 Å². The minimum atomic E-state index is -0.972. The molecule has 0 aromatic heterocycles. The van der Waals surface area contributed by atoms with Gasteiger partial charge < -0.3 is 14.6 Å². The van der Waals surface area contributed by atoms with E-state index in [0.29, 0.717) is 24.5 Å². The van der Waals surface area contributed by atoms with Crippen LogP contribution >= 0.6 is 0 Å². The van der Waals surface area contributed by atoms with Gasteiger partial charge in [0.05, 0.1) is 6.61 Å². The summed E-state index contributed by atoms with van der Waals surface area (Å²) in [7, 11) is 1.57. The number of rotatable bonds is 5. The minimum absolute atomic E-state index is 0.216. The zero-order valence-corrected chi connectivity index (χ0v) is 8.82. The van der Waals surface area contributed by atoms with Crippen molar-refractivity contribution in [3.05, 3.63) is 29.3 Å². The van der Waals surface area contributed by atoms with Crippen LogP contribution in [0.25, 0.3) is 0 Å². The van der Waals surface area contributed by atoms with Crippen LogP contribution in [0, 0.1) is 6.92 Å². The van der Waals surface area contributed by atoms with E-state index in [1.54, 1.807) is 32.2 Å². The lowest BCUT2D eigenvalue weighted by molar-refractivity contribution is 0.0689. The molecule has 1 aromatic rings. The van der Waals surface area contributed by atoms with Crippen molar-refractivity contribution in [1.82, 2.24) is 0 Å². The summed E-state index contributed by atoms with van der Waals surface area (Å²) < 4.78 is 10.1. The zero-order valence-electron chi connectivity index (χ0n) is 8.82. The van der Waals surface area contributed by atoms with Crippen LogP contribution < -0.4 is 4.74 Å². The van der Waals surface area contributed by atoms with E-state index in [1.807, 2.05) is 0 Å². The average Bonchev–Trinajstić information content (AvgIpc) is 2.17. The summed E-state index contributed by atoms with van der Waals surface area (Å²) in [6, 6.07) is 5.16. The molecule has 1 N–H and O–H groups in total. The SMILES string of the molecule is COCCOc1cccc(C)c1C(=O)O. The van der Waals surface area contributed by atoms with E-state index in [2.05, 4.69) is 0 Å². The first-order chi connectivity index (χ1) is 7.16. The maximum atomic E-state index is 11.0. The molecule has 4 heteroatoms. The molecule has 0 bridgehead atoms. The van der Waals surface area contributed by atoms with Gasteiger partial charge in [0.25, 0.3) is 0 Å². The van der Waals surface area contributed by atoms with E-state index in [4.69, 9.17) is 14.6 Å². The monoisotopic (exact) mass is 210 g/mol. The lowest BCUT2D eigenvalue weighted by atomic mass is 10.1. The Morgan fingerprint density at radius 2 is 2.13 bits per heavy atom. The molecular formula is C11H14O4. The smallest absolute Gasteiger partial charge is 0.339 e. The van der Waals surface area contributed by atoms with Crippen LogP contribution in [0.4, 0.5) is 0 Å². The Morgan fingerprint density at radius 1 is 1.40 bits per heavy atom. The van der Waals surface area contributed by atoms with Crippen LogP contribution in [-0.4, -0.2) is 31.4 Å². The summed E-state index contributed by atoms with van der Waals surface area (Å²) in [6.07, 6.45) is 0. The number of methoxy groups -OCH3 is 1. The molecule has 0 heterocycles. The molecule has 0 amide bonds. The van der Waals surface area contributed by atoms with Gasteiger partial charge in [-0.3, -0.25) is 0 Å². The van der Waals surface area contributed by atoms with Crippen LogP contribution in [0.2, 0.25) is 0 Å². The second-order valence-electron chi connectivity index (χ2n) is 3.09. The maximum absolute atomic E-state index is 11.0. The predicted molar refractivity (Wildman–Crippen MR) is 55.5 cm³/mol. The summed E-state index contributed by atoms with van der Waals surface area (Å²) in [5.74, 6) is -0.583. The van der Waals surface area contributed by atoms with Crippen molar-refractivity contribution < 1.29 is 19.4 Å². The van der Waals surface area contributed by atoms with Crippen LogP contribution in [0.1, 0.15) is 15.9 Å². The average molecular weight is 210 g/mol. The molecule has 15 heavy (non-hydrogen) atoms. The largest absolute Gasteiger partial charge is 0.490 e. The number of carbonyl (C=O) groups is 1. The molecule has 0 aliphatic rings. The van der Waals surface area contributed by atoms with Crippen LogP contribution in [0.15, 0.2) is 18.2 Å². The molecule has 0 saturated heterocycles. The molecule has 0 atom stereocenters. The Labute approximate surface area is 88.4 Å². The first kappa shape index (κ1) is 11.5. The molecule has 0 aliphatic heterocycles. The lowest BCUT2D eigenvalue weighted by Crippen LogP contribution is -2.09. The highest BCUT2D eigenvalue weighted by Crippen LogP contribution is 2.21. The fourth-order valence-corrected chi connectivity index (χ4v) is 1.27. The fourth-order valence-electron chi connectivity index (χ4n) is 1.27. The van der Waals surface area contributed by atoms with Crippen LogP contribution in [-0.2, 0) is 4.74 Å². The number of hydrogen-bond donors (Lipinski definition) is 1. The Bertz CT molecular complexity index is 346. The molecule has 4 nitrogen and oxygen atoms in total. The third-order valence-corrected chi connectivity index (χ3v) is 1.99. The highest BCUT2D eigenvalue weighted by atomic mass is 16.5. The number of aromatic carboxylic acids is 1. The molecule has 0 aliphatic carbocycles. The fraction of sp³-hybridized carbons (Fsp3) is 0.364. The standard InChI is InChI=1S/C11H14O4/c1-8-4-3-5-9(10(8)11(12)13)15-7-6-14-2/h3-5H,6-7H2,1-2H3,(H,12,13). The van der Waals surface area contributed by atoms with Gasteiger partial charge in [-0.15, -0.1) is 0 Å². The molecular weight excluding hydrogens is 196 g/mol. The van der Waals surface area contributed by atoms with Gasteiger partial charge in [-0.05, 0) is 18.6 Å². The number of carboxylic acid groups (broad SMARTS) is 1. The van der Waals surface area contributed by atoms with Crippen molar-refractivity contribution in [3.63, 3.8) is 0 Å². The molecule has 0 unspecified atom stereocenters. The first-order valence-electron chi connectivity index (χ1n) is 4.61. The van der Waals surface area contributed by atoms with E-state index in [0.717, 1.165) is 0 Å². The quantitative estimate of drug-likeness (QED) is 0.752. The van der Waals surface area contributed by atoms with E-state index in [1.165, 1.54) is 0 Å². The Morgan fingerprint density at radius 3 is 2.73 bits per heavy atom. The summed E-state index contributed by atoms with van der Waals surface area (Å²) >= 11 is 0. The van der Waals surface area contributed by atoms with Crippen molar-refractivity contribution in [2.75, 3.05) is 20.3 Å². The molecule has 82 valence electrons. The van der Waals surface area contributed by atoms with E-state index >= 15 is 0 Å². The summed E-state index contributed by atoms with van der Waals surface area (Å²) in [5, 5.41) is 8.99. The van der Waals surface area contributed by atoms with Crippen LogP contribution in [0.5, 0.6) is 5.75 Å². The van der Waals surface area contributed by atoms with E-state index < -0.39 is 5.97 Å². The van der Waals surface area contributed by atoms with Gasteiger partial charge >= 0.3 is 5.97 Å². The Balaban J connectivity index is 2.86. The van der Waals surface area contributed by atoms with E-state index in [-0.39, 0.29) is 5.56 Å². The second-order valence-corrected chi connectivity index (χ2v) is 3.09. The number of ether oxygens (including phenoxy) is 2. The highest BCUT2D eigenvalue weighted by Gasteiger charge is 2.13. The van der Waals surface area contributed by atoms with Crippen molar-refractivity contribution in [1.29, 1.82) is 0 Å². The summed E-state index contributed by atoms with van der Waals surface area (Å²) in [4.78, 5) is 11.0. The molecule has 0 saturated carbocycles. The van der Waals surface area contributed by atoms with E-state index in [9.17, 15) is 4.79 Å². The molecule has 0 spiro atoms. The Kier molecular flexibility index (Phi) is 4.12. The Hall–Kier alpha value is -1.55. The van der Waals surface area contributed by atoms with Gasteiger partial charge in [0, 0.05) is 7.11 Å². The van der Waals surface area contributed by atoms with Gasteiger partial charge in [0.2, 0.25) is 0 Å². The summed E-state index contributed by atoms with van der Waals surface area (Å²) in [5.41, 5.74) is 0.908. The highest BCUT2D eigenvalue weighted by molar-refractivity contribution is 5.92. The second kappa shape index (κ2) is 5.36. The predicted octanol–water partition coefficient (Wildman–Crippen LogP) is 1.72. The van der Waals surface area contributed by atoms with Gasteiger partial charge in [0.15, 0.2) is 0 Å². The minimum Gasteiger partial charge on any atom is -0.490 e. The first-order valence-corrected chi connectivity index (χ1v) is 4.61. The van der Waals surface area contributed by atoms with Crippen molar-refractivity contribution in [3.8, 4) is 5.75 Å². The third kappa shape index (κ3) is 2.95. The maximum Gasteiger partial charge on any atom is 0.339 e. The van der Waals surface area contributed by atoms with Crippen LogP contribution in [0.3, 0.4) is 0 Å². The lowest BCUT2D eigenvalue weighted by Gasteiger charge is -2.10. The van der Waals surface area contributed by atoms with Crippen molar-refractivity contribution >= 4 is 5.97 Å². The number of carboxylic acids is 1. The number of hydrogen-bond acceptors (Lipinski definition) is 3. The normalized spacial score (nSPS) is 10.0. The number of benzene rings is 1. The number of aryl methyl sites for hydroxylation is 1. The topological polar surface area (TPSA) is 55.8 Å². The summed E-state index contributed by atoms with van der Waals surface area (Å²) in [6.45, 7) is 2.53. The molecule has 1 aromatic carbocycles. The molecule has 0 fully saturated rings. The molecule has 0 radical (unpaired) electrons. The zero-order chi connectivity index (χ0) is 11.3. The van der Waals surface area contributed by atoms with Gasteiger partial charge in [0.1, 0.15) is 17.9 Å². The van der Waals surface area contributed by atoms with Crippen molar-refractivity contribution in [2.24, 2.45) is 0 Å². The van der Waals surface area contributed by atoms with Gasteiger partial charge in [-0.1, -0.05) is 12.1 Å².